The summed E-state index contributed by atoms with van der Waals surface area (Å²) in [6.45, 7) is 0. The zero-order chi connectivity index (χ0) is 14.7. The maximum absolute atomic E-state index is 12.7. The molecule has 4 saturated carbocycles. The van der Waals surface area contributed by atoms with E-state index in [1.54, 1.807) is 24.3 Å². The van der Waals surface area contributed by atoms with Crippen molar-refractivity contribution in [2.45, 2.75) is 49.0 Å². The number of sulfonamides is 1. The lowest BCUT2D eigenvalue weighted by Crippen LogP contribution is -2.59. The van der Waals surface area contributed by atoms with Crippen LogP contribution in [0.4, 0.5) is 0 Å². The van der Waals surface area contributed by atoms with Crippen molar-refractivity contribution < 1.29 is 8.42 Å². The lowest BCUT2D eigenvalue weighted by molar-refractivity contribution is -0.00810. The molecule has 4 fully saturated rings. The largest absolute Gasteiger partial charge is 0.242 e. The normalized spacial score (nSPS) is 37.9. The van der Waals surface area contributed by atoms with E-state index in [-0.39, 0.29) is 10.4 Å². The third kappa shape index (κ3) is 2.41. The smallest absolute Gasteiger partial charge is 0.207 e. The van der Waals surface area contributed by atoms with Gasteiger partial charge in [0.25, 0.3) is 0 Å². The minimum absolute atomic E-state index is 0.211. The Balaban J connectivity index is 1.65. The molecular weight excluding hydrogens is 306 g/mol. The Labute approximate surface area is 131 Å². The molecule has 0 aromatic heterocycles. The predicted molar refractivity (Wildman–Crippen MR) is 82.7 cm³/mol. The van der Waals surface area contributed by atoms with Gasteiger partial charge in [-0.25, -0.2) is 13.1 Å². The molecular formula is C16H20ClNO2S. The third-order valence-electron chi connectivity index (χ3n) is 5.52. The maximum Gasteiger partial charge on any atom is 0.242 e. The molecule has 0 aliphatic heterocycles. The van der Waals surface area contributed by atoms with E-state index in [1.165, 1.54) is 19.3 Å². The highest BCUT2D eigenvalue weighted by molar-refractivity contribution is 7.89. The van der Waals surface area contributed by atoms with Crippen LogP contribution in [-0.2, 0) is 10.0 Å². The summed E-state index contributed by atoms with van der Waals surface area (Å²) in [5.74, 6) is 2.14. The van der Waals surface area contributed by atoms with Crippen molar-refractivity contribution in [1.29, 1.82) is 0 Å². The maximum atomic E-state index is 12.7. The minimum atomic E-state index is -3.54. The van der Waals surface area contributed by atoms with Gasteiger partial charge in [0.05, 0.1) is 5.02 Å². The molecule has 4 aliphatic carbocycles. The molecule has 21 heavy (non-hydrogen) atoms. The van der Waals surface area contributed by atoms with E-state index in [9.17, 15) is 8.42 Å². The van der Waals surface area contributed by atoms with Crippen molar-refractivity contribution in [2.75, 3.05) is 0 Å². The minimum Gasteiger partial charge on any atom is -0.207 e. The highest BCUT2D eigenvalue weighted by Gasteiger charge is 2.52. The van der Waals surface area contributed by atoms with Gasteiger partial charge in [0.1, 0.15) is 4.90 Å². The van der Waals surface area contributed by atoms with Gasteiger partial charge >= 0.3 is 0 Å². The second kappa shape index (κ2) is 4.71. The topological polar surface area (TPSA) is 46.2 Å². The summed E-state index contributed by atoms with van der Waals surface area (Å²) in [6.07, 6.45) is 6.90. The van der Waals surface area contributed by atoms with Crippen LogP contribution in [0, 0.1) is 17.8 Å². The SMILES string of the molecule is O=S(=O)(NC12CC3CC(CC(C3)C1)C2)c1ccccc1Cl. The van der Waals surface area contributed by atoms with Crippen LogP contribution >= 0.6 is 11.6 Å². The van der Waals surface area contributed by atoms with Crippen LogP contribution < -0.4 is 4.72 Å². The number of benzene rings is 1. The Morgan fingerprint density at radius 1 is 1.00 bits per heavy atom. The molecule has 4 aliphatic rings. The number of halogens is 1. The van der Waals surface area contributed by atoms with Crippen molar-refractivity contribution in [3.05, 3.63) is 29.3 Å². The van der Waals surface area contributed by atoms with E-state index in [1.807, 2.05) is 0 Å². The van der Waals surface area contributed by atoms with E-state index in [4.69, 9.17) is 11.6 Å². The van der Waals surface area contributed by atoms with Gasteiger partial charge in [-0.1, -0.05) is 23.7 Å². The molecule has 1 N–H and O–H groups in total. The highest BCUT2D eigenvalue weighted by atomic mass is 35.5. The van der Waals surface area contributed by atoms with Crippen molar-refractivity contribution in [1.82, 2.24) is 4.72 Å². The zero-order valence-electron chi connectivity index (χ0n) is 11.9. The van der Waals surface area contributed by atoms with Crippen LogP contribution in [0.5, 0.6) is 0 Å². The third-order valence-corrected chi connectivity index (χ3v) is 7.59. The number of rotatable bonds is 3. The monoisotopic (exact) mass is 325 g/mol. The number of nitrogens with one attached hydrogen (secondary N) is 1. The standard InChI is InChI=1S/C16H20ClNO2S/c17-14-3-1-2-4-15(14)21(19,20)18-16-8-11-5-12(9-16)7-13(6-11)10-16/h1-4,11-13,18H,5-10H2. The number of hydrogen-bond acceptors (Lipinski definition) is 2. The quantitative estimate of drug-likeness (QED) is 0.923. The van der Waals surface area contributed by atoms with E-state index >= 15 is 0 Å². The fraction of sp³-hybridized carbons (Fsp3) is 0.625. The number of hydrogen-bond donors (Lipinski definition) is 1. The fourth-order valence-corrected chi connectivity index (χ4v) is 7.19. The molecule has 0 radical (unpaired) electrons. The molecule has 5 rings (SSSR count). The molecule has 114 valence electrons. The molecule has 3 nitrogen and oxygen atoms in total. The van der Waals surface area contributed by atoms with Crippen molar-refractivity contribution in [3.63, 3.8) is 0 Å². The van der Waals surface area contributed by atoms with Crippen molar-refractivity contribution in [2.24, 2.45) is 17.8 Å². The molecule has 0 amide bonds. The van der Waals surface area contributed by atoms with Crippen molar-refractivity contribution in [3.8, 4) is 0 Å². The van der Waals surface area contributed by atoms with Gasteiger partial charge in [-0.05, 0) is 68.4 Å². The summed E-state index contributed by atoms with van der Waals surface area (Å²) in [7, 11) is -3.54. The average Bonchev–Trinajstić information content (AvgIpc) is 2.35. The van der Waals surface area contributed by atoms with E-state index < -0.39 is 10.0 Å². The molecule has 4 bridgehead atoms. The Morgan fingerprint density at radius 2 is 1.52 bits per heavy atom. The lowest BCUT2D eigenvalue weighted by atomic mass is 9.53. The van der Waals surface area contributed by atoms with Crippen molar-refractivity contribution >= 4 is 21.6 Å². The molecule has 1 aromatic rings. The first-order valence-electron chi connectivity index (χ1n) is 7.74. The Morgan fingerprint density at radius 3 is 2.05 bits per heavy atom. The summed E-state index contributed by atoms with van der Waals surface area (Å²) in [5.41, 5.74) is -0.216. The molecule has 5 heteroatoms. The molecule has 0 saturated heterocycles. The summed E-state index contributed by atoms with van der Waals surface area (Å²) < 4.78 is 28.5. The van der Waals surface area contributed by atoms with Gasteiger partial charge in [0.15, 0.2) is 0 Å². The van der Waals surface area contributed by atoms with Gasteiger partial charge < -0.3 is 0 Å². The highest BCUT2D eigenvalue weighted by Crippen LogP contribution is 2.56. The van der Waals surface area contributed by atoms with Gasteiger partial charge in [-0.3, -0.25) is 0 Å². The van der Waals surface area contributed by atoms with Gasteiger partial charge in [0, 0.05) is 5.54 Å². The van der Waals surface area contributed by atoms with Crippen LogP contribution in [0.3, 0.4) is 0 Å². The van der Waals surface area contributed by atoms with E-state index in [0.29, 0.717) is 22.8 Å². The molecule has 0 spiro atoms. The Bertz CT molecular complexity index is 635. The second-order valence-corrected chi connectivity index (χ2v) is 9.29. The van der Waals surface area contributed by atoms with Crippen LogP contribution in [0.1, 0.15) is 38.5 Å². The lowest BCUT2D eigenvalue weighted by Gasteiger charge is -2.56. The molecule has 0 unspecified atom stereocenters. The predicted octanol–water partition coefficient (Wildman–Crippen LogP) is 3.59. The van der Waals surface area contributed by atoms with Crippen LogP contribution in [0.2, 0.25) is 5.02 Å². The summed E-state index contributed by atoms with van der Waals surface area (Å²) in [5, 5.41) is 0.301. The van der Waals surface area contributed by atoms with Gasteiger partial charge in [-0.2, -0.15) is 0 Å². The van der Waals surface area contributed by atoms with Crippen LogP contribution in [0.25, 0.3) is 0 Å². The zero-order valence-corrected chi connectivity index (χ0v) is 13.5. The van der Waals surface area contributed by atoms with E-state index in [0.717, 1.165) is 19.3 Å². The molecule has 1 aromatic carbocycles. The van der Waals surface area contributed by atoms with Crippen LogP contribution in [-0.4, -0.2) is 14.0 Å². The van der Waals surface area contributed by atoms with Gasteiger partial charge in [0.2, 0.25) is 10.0 Å². The summed E-state index contributed by atoms with van der Waals surface area (Å²) >= 11 is 6.08. The fourth-order valence-electron chi connectivity index (χ4n) is 5.24. The average molecular weight is 326 g/mol. The Hall–Kier alpha value is -0.580. The Kier molecular flexibility index (Phi) is 3.15. The summed E-state index contributed by atoms with van der Waals surface area (Å²) in [6, 6.07) is 6.70. The first-order valence-corrected chi connectivity index (χ1v) is 9.60. The first kappa shape index (κ1) is 14.0. The first-order chi connectivity index (χ1) is 9.96. The summed E-state index contributed by atoms with van der Waals surface area (Å²) in [4.78, 5) is 0.211. The van der Waals surface area contributed by atoms with E-state index in [2.05, 4.69) is 4.72 Å². The second-order valence-electron chi connectivity index (χ2n) is 7.23. The molecule has 0 heterocycles. The molecule has 0 atom stereocenters. The van der Waals surface area contributed by atoms with Crippen LogP contribution in [0.15, 0.2) is 29.2 Å². The van der Waals surface area contributed by atoms with Gasteiger partial charge in [-0.15, -0.1) is 0 Å².